The summed E-state index contributed by atoms with van der Waals surface area (Å²) in [6.45, 7) is 0. The Hall–Kier alpha value is -2.89. The van der Waals surface area contributed by atoms with Gasteiger partial charge in [0.2, 0.25) is 0 Å². The number of hydrogen-bond acceptors (Lipinski definition) is 4. The molecule has 0 fully saturated rings. The first kappa shape index (κ1) is 11.2. The molecule has 3 rings (SSSR count). The standard InChI is InChI=1S/C13H10N4O2/c14-10-11(13(18)19)16-17-7-9(6-15-12(10)17)8-4-2-1-3-5-8/h1-7H,14H2,(H,18,19). The molecule has 0 saturated carbocycles. The molecule has 6 heteroatoms. The Bertz CT molecular complexity index is 765. The first-order valence-electron chi connectivity index (χ1n) is 5.59. The van der Waals surface area contributed by atoms with Crippen LogP contribution in [0.3, 0.4) is 0 Å². The summed E-state index contributed by atoms with van der Waals surface area (Å²) in [6.07, 6.45) is 3.36. The van der Waals surface area contributed by atoms with E-state index in [1.54, 1.807) is 12.4 Å². The SMILES string of the molecule is Nc1c(C(=O)O)nn2cc(-c3ccccc3)cnc12. The lowest BCUT2D eigenvalue weighted by Gasteiger charge is -2.01. The van der Waals surface area contributed by atoms with Crippen LogP contribution >= 0.6 is 0 Å². The van der Waals surface area contributed by atoms with Crippen LogP contribution in [0.4, 0.5) is 5.69 Å². The highest BCUT2D eigenvalue weighted by atomic mass is 16.4. The second kappa shape index (κ2) is 4.09. The summed E-state index contributed by atoms with van der Waals surface area (Å²) in [5, 5.41) is 12.9. The van der Waals surface area contributed by atoms with E-state index in [9.17, 15) is 4.79 Å². The van der Waals surface area contributed by atoms with Gasteiger partial charge in [-0.1, -0.05) is 30.3 Å². The second-order valence-electron chi connectivity index (χ2n) is 4.04. The van der Waals surface area contributed by atoms with Gasteiger partial charge in [0.1, 0.15) is 5.69 Å². The minimum absolute atomic E-state index is 0.0760. The van der Waals surface area contributed by atoms with Crippen molar-refractivity contribution >= 4 is 17.3 Å². The Balaban J connectivity index is 2.19. The molecule has 0 spiro atoms. The van der Waals surface area contributed by atoms with E-state index in [2.05, 4.69) is 10.1 Å². The average molecular weight is 254 g/mol. The number of fused-ring (bicyclic) bond motifs is 1. The van der Waals surface area contributed by atoms with Gasteiger partial charge in [0.05, 0.1) is 0 Å². The first-order chi connectivity index (χ1) is 9.16. The third kappa shape index (κ3) is 1.79. The molecule has 0 aliphatic heterocycles. The van der Waals surface area contributed by atoms with Gasteiger partial charge in [-0.15, -0.1) is 0 Å². The maximum Gasteiger partial charge on any atom is 0.358 e. The number of carbonyl (C=O) groups is 1. The van der Waals surface area contributed by atoms with Crippen LogP contribution in [0, 0.1) is 0 Å². The zero-order valence-corrected chi connectivity index (χ0v) is 9.82. The minimum atomic E-state index is -1.16. The van der Waals surface area contributed by atoms with Crippen molar-refractivity contribution in [1.29, 1.82) is 0 Å². The van der Waals surface area contributed by atoms with E-state index in [0.29, 0.717) is 5.65 Å². The normalized spacial score (nSPS) is 10.7. The van der Waals surface area contributed by atoms with Crippen LogP contribution < -0.4 is 5.73 Å². The topological polar surface area (TPSA) is 93.5 Å². The number of benzene rings is 1. The van der Waals surface area contributed by atoms with Crippen LogP contribution in [0.1, 0.15) is 10.5 Å². The van der Waals surface area contributed by atoms with Crippen LogP contribution in [0.15, 0.2) is 42.7 Å². The molecule has 0 amide bonds. The summed E-state index contributed by atoms with van der Waals surface area (Å²) < 4.78 is 1.39. The number of rotatable bonds is 2. The third-order valence-electron chi connectivity index (χ3n) is 2.82. The maximum absolute atomic E-state index is 11.0. The average Bonchev–Trinajstić information content (AvgIpc) is 2.77. The molecule has 0 radical (unpaired) electrons. The van der Waals surface area contributed by atoms with Gasteiger partial charge < -0.3 is 10.8 Å². The van der Waals surface area contributed by atoms with Crippen LogP contribution in [0.25, 0.3) is 16.8 Å². The number of hydrogen-bond donors (Lipinski definition) is 2. The number of nitrogens with two attached hydrogens (primary N) is 1. The van der Waals surface area contributed by atoms with E-state index < -0.39 is 5.97 Å². The van der Waals surface area contributed by atoms with Crippen molar-refractivity contribution in [2.75, 3.05) is 5.73 Å². The first-order valence-corrected chi connectivity index (χ1v) is 5.59. The molecule has 0 aliphatic rings. The molecule has 0 bridgehead atoms. The quantitative estimate of drug-likeness (QED) is 0.725. The van der Waals surface area contributed by atoms with E-state index in [-0.39, 0.29) is 11.4 Å². The van der Waals surface area contributed by atoms with Crippen LogP contribution in [0.5, 0.6) is 0 Å². The number of carboxylic acid groups (broad SMARTS) is 1. The lowest BCUT2D eigenvalue weighted by molar-refractivity contribution is 0.0691. The Morgan fingerprint density at radius 2 is 1.95 bits per heavy atom. The molecule has 0 saturated heterocycles. The van der Waals surface area contributed by atoms with E-state index in [1.807, 2.05) is 30.3 Å². The smallest absolute Gasteiger partial charge is 0.358 e. The molecule has 19 heavy (non-hydrogen) atoms. The molecule has 6 nitrogen and oxygen atoms in total. The molecular formula is C13H10N4O2. The Kier molecular flexibility index (Phi) is 2.42. The lowest BCUT2D eigenvalue weighted by atomic mass is 10.1. The van der Waals surface area contributed by atoms with Gasteiger partial charge in [-0.3, -0.25) is 0 Å². The molecule has 0 atom stereocenters. The largest absolute Gasteiger partial charge is 0.476 e. The van der Waals surface area contributed by atoms with Gasteiger partial charge in [0, 0.05) is 18.0 Å². The summed E-state index contributed by atoms with van der Waals surface area (Å²) in [6, 6.07) is 9.63. The molecular weight excluding hydrogens is 244 g/mol. The zero-order chi connectivity index (χ0) is 13.4. The maximum atomic E-state index is 11.0. The van der Waals surface area contributed by atoms with E-state index >= 15 is 0 Å². The summed E-state index contributed by atoms with van der Waals surface area (Å²) in [4.78, 5) is 15.1. The fourth-order valence-electron chi connectivity index (χ4n) is 1.89. The number of carboxylic acids is 1. The molecule has 3 aromatic rings. The van der Waals surface area contributed by atoms with E-state index in [0.717, 1.165) is 11.1 Å². The van der Waals surface area contributed by atoms with Crippen molar-refractivity contribution in [3.8, 4) is 11.1 Å². The van der Waals surface area contributed by atoms with Gasteiger partial charge in [-0.2, -0.15) is 5.10 Å². The van der Waals surface area contributed by atoms with Crippen molar-refractivity contribution in [3.63, 3.8) is 0 Å². The van der Waals surface area contributed by atoms with Crippen LogP contribution in [-0.2, 0) is 0 Å². The summed E-state index contributed by atoms with van der Waals surface area (Å²) in [7, 11) is 0. The summed E-state index contributed by atoms with van der Waals surface area (Å²) in [5.74, 6) is -1.16. The molecule has 3 N–H and O–H groups in total. The molecule has 0 aliphatic carbocycles. The molecule has 94 valence electrons. The number of nitrogens with zero attached hydrogens (tertiary/aromatic N) is 3. The highest BCUT2D eigenvalue weighted by Gasteiger charge is 2.17. The Morgan fingerprint density at radius 3 is 2.63 bits per heavy atom. The van der Waals surface area contributed by atoms with Gasteiger partial charge in [-0.05, 0) is 5.56 Å². The zero-order valence-electron chi connectivity index (χ0n) is 9.82. The van der Waals surface area contributed by atoms with Crippen molar-refractivity contribution in [2.24, 2.45) is 0 Å². The molecule has 1 aromatic carbocycles. The fourth-order valence-corrected chi connectivity index (χ4v) is 1.89. The van der Waals surface area contributed by atoms with Crippen molar-refractivity contribution in [2.45, 2.75) is 0 Å². The van der Waals surface area contributed by atoms with E-state index in [1.165, 1.54) is 4.52 Å². The van der Waals surface area contributed by atoms with Crippen LogP contribution in [-0.4, -0.2) is 25.7 Å². The van der Waals surface area contributed by atoms with Crippen molar-refractivity contribution in [3.05, 3.63) is 48.4 Å². The number of aromatic carboxylic acids is 1. The fraction of sp³-hybridized carbons (Fsp3) is 0. The minimum Gasteiger partial charge on any atom is -0.476 e. The monoisotopic (exact) mass is 254 g/mol. The highest BCUT2D eigenvalue weighted by Crippen LogP contribution is 2.21. The Morgan fingerprint density at radius 1 is 1.21 bits per heavy atom. The number of aromatic nitrogens is 3. The van der Waals surface area contributed by atoms with E-state index in [4.69, 9.17) is 10.8 Å². The van der Waals surface area contributed by atoms with Gasteiger partial charge in [0.25, 0.3) is 0 Å². The number of nitrogen functional groups attached to an aromatic ring is 1. The Labute approximate surface area is 108 Å². The summed E-state index contributed by atoms with van der Waals surface area (Å²) in [5.41, 5.74) is 7.76. The lowest BCUT2D eigenvalue weighted by Crippen LogP contribution is -2.01. The third-order valence-corrected chi connectivity index (χ3v) is 2.82. The number of anilines is 1. The van der Waals surface area contributed by atoms with Gasteiger partial charge >= 0.3 is 5.97 Å². The van der Waals surface area contributed by atoms with Gasteiger partial charge in [0.15, 0.2) is 11.3 Å². The predicted octanol–water partition coefficient (Wildman–Crippen LogP) is 1.68. The highest BCUT2D eigenvalue weighted by molar-refractivity contribution is 5.95. The van der Waals surface area contributed by atoms with Crippen LogP contribution in [0.2, 0.25) is 0 Å². The van der Waals surface area contributed by atoms with Crippen molar-refractivity contribution in [1.82, 2.24) is 14.6 Å². The predicted molar refractivity (Wildman–Crippen MR) is 69.8 cm³/mol. The molecule has 0 unspecified atom stereocenters. The summed E-state index contributed by atoms with van der Waals surface area (Å²) >= 11 is 0. The van der Waals surface area contributed by atoms with Gasteiger partial charge in [-0.25, -0.2) is 14.3 Å². The second-order valence-corrected chi connectivity index (χ2v) is 4.04. The van der Waals surface area contributed by atoms with Crippen molar-refractivity contribution < 1.29 is 9.90 Å². The molecule has 2 aromatic heterocycles. The molecule has 2 heterocycles.